The van der Waals surface area contributed by atoms with E-state index in [-0.39, 0.29) is 17.9 Å². The zero-order chi connectivity index (χ0) is 13.8. The van der Waals surface area contributed by atoms with Gasteiger partial charge < -0.3 is 10.2 Å². The van der Waals surface area contributed by atoms with Crippen molar-refractivity contribution in [3.05, 3.63) is 29.8 Å². The second-order valence-electron chi connectivity index (χ2n) is 5.05. The quantitative estimate of drug-likeness (QED) is 0.900. The van der Waals surface area contributed by atoms with Crippen LogP contribution in [0.3, 0.4) is 0 Å². The third-order valence-electron chi connectivity index (χ3n) is 3.50. The first-order valence-electron chi connectivity index (χ1n) is 6.65. The Morgan fingerprint density at radius 2 is 2.26 bits per heavy atom. The SMILES string of the molecule is CC(C)N(CCC#N)C(=O)C1CNc2ccccc21. The lowest BCUT2D eigenvalue weighted by molar-refractivity contribution is -0.134. The molecule has 1 amide bonds. The van der Waals surface area contributed by atoms with Crippen molar-refractivity contribution in [3.63, 3.8) is 0 Å². The second kappa shape index (κ2) is 5.75. The molecule has 0 aromatic heterocycles. The maximum Gasteiger partial charge on any atom is 0.232 e. The average molecular weight is 257 g/mol. The fourth-order valence-electron chi connectivity index (χ4n) is 2.50. The van der Waals surface area contributed by atoms with Crippen LogP contribution in [-0.4, -0.2) is 29.9 Å². The van der Waals surface area contributed by atoms with Crippen LogP contribution in [0.5, 0.6) is 0 Å². The lowest BCUT2D eigenvalue weighted by Gasteiger charge is -2.28. The summed E-state index contributed by atoms with van der Waals surface area (Å²) in [6.07, 6.45) is 0.381. The van der Waals surface area contributed by atoms with E-state index in [4.69, 9.17) is 5.26 Å². The van der Waals surface area contributed by atoms with E-state index in [1.807, 2.05) is 38.1 Å². The minimum Gasteiger partial charge on any atom is -0.384 e. The van der Waals surface area contributed by atoms with E-state index in [0.717, 1.165) is 11.3 Å². The normalized spacial score (nSPS) is 16.6. The number of nitriles is 1. The summed E-state index contributed by atoms with van der Waals surface area (Å²) < 4.78 is 0. The monoisotopic (exact) mass is 257 g/mol. The lowest BCUT2D eigenvalue weighted by Crippen LogP contribution is -2.41. The van der Waals surface area contributed by atoms with E-state index < -0.39 is 0 Å². The van der Waals surface area contributed by atoms with Crippen LogP contribution in [0.4, 0.5) is 5.69 Å². The maximum atomic E-state index is 12.6. The fourth-order valence-corrected chi connectivity index (χ4v) is 2.50. The number of fused-ring (bicyclic) bond motifs is 1. The van der Waals surface area contributed by atoms with E-state index in [2.05, 4.69) is 11.4 Å². The van der Waals surface area contributed by atoms with E-state index >= 15 is 0 Å². The molecule has 1 aromatic rings. The minimum atomic E-state index is -0.128. The van der Waals surface area contributed by atoms with Crippen molar-refractivity contribution in [3.8, 4) is 6.07 Å². The van der Waals surface area contributed by atoms with Crippen LogP contribution in [-0.2, 0) is 4.79 Å². The molecule has 1 aliphatic rings. The Balaban J connectivity index is 2.17. The molecule has 0 saturated carbocycles. The summed E-state index contributed by atoms with van der Waals surface area (Å²) in [6.45, 7) is 5.13. The first-order chi connectivity index (χ1) is 9.15. The van der Waals surface area contributed by atoms with Gasteiger partial charge in [0.15, 0.2) is 0 Å². The van der Waals surface area contributed by atoms with Crippen LogP contribution in [0.25, 0.3) is 0 Å². The third-order valence-corrected chi connectivity index (χ3v) is 3.50. The Bertz CT molecular complexity index is 504. The molecule has 0 radical (unpaired) electrons. The molecule has 1 aliphatic heterocycles. The van der Waals surface area contributed by atoms with Crippen molar-refractivity contribution >= 4 is 11.6 Å². The minimum absolute atomic E-state index is 0.114. The average Bonchev–Trinajstić information content (AvgIpc) is 2.82. The van der Waals surface area contributed by atoms with Gasteiger partial charge in [-0.2, -0.15) is 5.26 Å². The Morgan fingerprint density at radius 3 is 2.95 bits per heavy atom. The first kappa shape index (κ1) is 13.4. The molecule has 0 fully saturated rings. The van der Waals surface area contributed by atoms with Gasteiger partial charge in [0.2, 0.25) is 5.91 Å². The Hall–Kier alpha value is -2.02. The lowest BCUT2D eigenvalue weighted by atomic mass is 9.99. The van der Waals surface area contributed by atoms with Gasteiger partial charge in [-0.3, -0.25) is 4.79 Å². The number of nitrogens with zero attached hydrogens (tertiary/aromatic N) is 2. The number of hydrogen-bond acceptors (Lipinski definition) is 3. The predicted octanol–water partition coefficient (Wildman–Crippen LogP) is 2.35. The van der Waals surface area contributed by atoms with Gasteiger partial charge in [-0.05, 0) is 25.5 Å². The molecule has 1 atom stereocenters. The van der Waals surface area contributed by atoms with E-state index in [0.29, 0.717) is 19.5 Å². The zero-order valence-electron chi connectivity index (χ0n) is 11.4. The van der Waals surface area contributed by atoms with Crippen LogP contribution >= 0.6 is 0 Å². The van der Waals surface area contributed by atoms with Crippen molar-refractivity contribution in [2.75, 3.05) is 18.4 Å². The number of rotatable bonds is 4. The number of hydrogen-bond donors (Lipinski definition) is 1. The molecule has 0 bridgehead atoms. The Morgan fingerprint density at radius 1 is 1.53 bits per heavy atom. The van der Waals surface area contributed by atoms with Gasteiger partial charge in [-0.1, -0.05) is 18.2 Å². The maximum absolute atomic E-state index is 12.6. The largest absolute Gasteiger partial charge is 0.384 e. The number of nitrogens with one attached hydrogen (secondary N) is 1. The molecular formula is C15H19N3O. The number of amides is 1. The molecule has 1 heterocycles. The number of benzene rings is 1. The summed E-state index contributed by atoms with van der Waals surface area (Å²) in [5.74, 6) is -0.0139. The molecule has 1 N–H and O–H groups in total. The molecule has 4 nitrogen and oxygen atoms in total. The van der Waals surface area contributed by atoms with Gasteiger partial charge >= 0.3 is 0 Å². The van der Waals surface area contributed by atoms with Gasteiger partial charge in [0, 0.05) is 24.8 Å². The molecule has 1 unspecified atom stereocenters. The van der Waals surface area contributed by atoms with Crippen LogP contribution in [0, 0.1) is 11.3 Å². The third kappa shape index (κ3) is 2.70. The fraction of sp³-hybridized carbons (Fsp3) is 0.467. The number of carbonyl (C=O) groups is 1. The summed E-state index contributed by atoms with van der Waals surface area (Å²) in [5, 5.41) is 12.0. The highest BCUT2D eigenvalue weighted by atomic mass is 16.2. The smallest absolute Gasteiger partial charge is 0.232 e. The van der Waals surface area contributed by atoms with Gasteiger partial charge in [-0.25, -0.2) is 0 Å². The Labute approximate surface area is 114 Å². The molecule has 19 heavy (non-hydrogen) atoms. The summed E-state index contributed by atoms with van der Waals surface area (Å²) in [4.78, 5) is 14.4. The highest BCUT2D eigenvalue weighted by Crippen LogP contribution is 2.32. The molecular weight excluding hydrogens is 238 g/mol. The molecule has 2 rings (SSSR count). The second-order valence-corrected chi connectivity index (χ2v) is 5.05. The summed E-state index contributed by atoms with van der Waals surface area (Å²) in [6, 6.07) is 10.2. The van der Waals surface area contributed by atoms with Gasteiger partial charge in [0.05, 0.1) is 18.4 Å². The van der Waals surface area contributed by atoms with E-state index in [1.54, 1.807) is 4.90 Å². The summed E-state index contributed by atoms with van der Waals surface area (Å²) in [5.41, 5.74) is 2.11. The molecule has 4 heteroatoms. The zero-order valence-corrected chi connectivity index (χ0v) is 11.4. The van der Waals surface area contributed by atoms with E-state index in [1.165, 1.54) is 0 Å². The molecule has 0 spiro atoms. The summed E-state index contributed by atoms with van der Waals surface area (Å²) >= 11 is 0. The van der Waals surface area contributed by atoms with Gasteiger partial charge in [0.25, 0.3) is 0 Å². The molecule has 100 valence electrons. The van der Waals surface area contributed by atoms with Crippen molar-refractivity contribution in [2.45, 2.75) is 32.2 Å². The molecule has 0 aliphatic carbocycles. The van der Waals surface area contributed by atoms with Gasteiger partial charge in [0.1, 0.15) is 0 Å². The van der Waals surface area contributed by atoms with E-state index in [9.17, 15) is 4.79 Å². The first-order valence-corrected chi connectivity index (χ1v) is 6.65. The van der Waals surface area contributed by atoms with Gasteiger partial charge in [-0.15, -0.1) is 0 Å². The number of carbonyl (C=O) groups excluding carboxylic acids is 1. The van der Waals surface area contributed by atoms with Crippen LogP contribution in [0.1, 0.15) is 31.7 Å². The van der Waals surface area contributed by atoms with Crippen LogP contribution in [0.15, 0.2) is 24.3 Å². The highest BCUT2D eigenvalue weighted by molar-refractivity contribution is 5.88. The molecule has 0 saturated heterocycles. The van der Waals surface area contributed by atoms with Crippen molar-refractivity contribution < 1.29 is 4.79 Å². The number of para-hydroxylation sites is 1. The van der Waals surface area contributed by atoms with Crippen molar-refractivity contribution in [2.24, 2.45) is 0 Å². The standard InChI is InChI=1S/C15H19N3O/c1-11(2)18(9-5-8-16)15(19)13-10-17-14-7-4-3-6-12(13)14/h3-4,6-7,11,13,17H,5,9-10H2,1-2H3. The topological polar surface area (TPSA) is 56.1 Å². The van der Waals surface area contributed by atoms with Crippen molar-refractivity contribution in [1.82, 2.24) is 4.90 Å². The Kier molecular flexibility index (Phi) is 4.06. The predicted molar refractivity (Wildman–Crippen MR) is 74.8 cm³/mol. The van der Waals surface area contributed by atoms with Crippen molar-refractivity contribution in [1.29, 1.82) is 5.26 Å². The molecule has 1 aromatic carbocycles. The summed E-state index contributed by atoms with van der Waals surface area (Å²) in [7, 11) is 0. The number of anilines is 1. The van der Waals surface area contributed by atoms with Crippen LogP contribution < -0.4 is 5.32 Å². The highest BCUT2D eigenvalue weighted by Gasteiger charge is 2.32. The van der Waals surface area contributed by atoms with Crippen LogP contribution in [0.2, 0.25) is 0 Å².